The zero-order chi connectivity index (χ0) is 14.3. The van der Waals surface area contributed by atoms with Crippen LogP contribution < -0.4 is 4.50 Å². The highest BCUT2D eigenvalue weighted by molar-refractivity contribution is 7.93. The van der Waals surface area contributed by atoms with Crippen LogP contribution >= 0.6 is 11.3 Å². The molecule has 2 aromatic rings. The van der Waals surface area contributed by atoms with E-state index in [9.17, 15) is 8.42 Å². The number of sulfone groups is 1. The van der Waals surface area contributed by atoms with Crippen molar-refractivity contribution in [2.24, 2.45) is 0 Å². The standard InChI is InChI=1S/C13H17NO2S2Si/c1-10-5-7-11(8-6-10)18(15,16)13-14-9-12(17-13)19(2,3)4/h5-9H,1-4H3. The maximum absolute atomic E-state index is 12.4. The van der Waals surface area contributed by atoms with Crippen LogP contribution in [0.1, 0.15) is 5.56 Å². The number of hydrogen-bond acceptors (Lipinski definition) is 4. The molecule has 0 unspecified atom stereocenters. The summed E-state index contributed by atoms with van der Waals surface area (Å²) in [5.41, 5.74) is 1.04. The zero-order valence-electron chi connectivity index (χ0n) is 11.5. The molecule has 0 N–H and O–H groups in total. The Morgan fingerprint density at radius 3 is 2.16 bits per heavy atom. The Bertz CT molecular complexity index is 682. The molecule has 0 bridgehead atoms. The van der Waals surface area contributed by atoms with Gasteiger partial charge in [-0.1, -0.05) is 37.3 Å². The Hall–Kier alpha value is -0.983. The van der Waals surface area contributed by atoms with Crippen molar-refractivity contribution in [1.29, 1.82) is 0 Å². The number of hydrogen-bond donors (Lipinski definition) is 0. The average molecular weight is 312 g/mol. The van der Waals surface area contributed by atoms with Crippen LogP contribution in [0.5, 0.6) is 0 Å². The van der Waals surface area contributed by atoms with Crippen LogP contribution in [0.15, 0.2) is 39.7 Å². The number of rotatable bonds is 3. The fraction of sp³-hybridized carbons (Fsp3) is 0.308. The molecule has 102 valence electrons. The Morgan fingerprint density at radius 1 is 1.11 bits per heavy atom. The van der Waals surface area contributed by atoms with Gasteiger partial charge in [0.2, 0.25) is 14.2 Å². The summed E-state index contributed by atoms with van der Waals surface area (Å²) in [4.78, 5) is 4.43. The van der Waals surface area contributed by atoms with Crippen molar-refractivity contribution < 1.29 is 8.42 Å². The highest BCUT2D eigenvalue weighted by atomic mass is 32.2. The van der Waals surface area contributed by atoms with Crippen LogP contribution in [0.2, 0.25) is 19.6 Å². The third kappa shape index (κ3) is 2.96. The molecule has 6 heteroatoms. The molecule has 3 nitrogen and oxygen atoms in total. The first-order valence-electron chi connectivity index (χ1n) is 5.99. The van der Waals surface area contributed by atoms with Gasteiger partial charge in [-0.05, 0) is 19.1 Å². The minimum absolute atomic E-state index is 0.203. The van der Waals surface area contributed by atoms with E-state index in [0.717, 1.165) is 10.1 Å². The largest absolute Gasteiger partial charge is 0.234 e. The summed E-state index contributed by atoms with van der Waals surface area (Å²) >= 11 is 1.31. The van der Waals surface area contributed by atoms with Gasteiger partial charge in [-0.3, -0.25) is 0 Å². The fourth-order valence-corrected chi connectivity index (χ4v) is 6.02. The first-order valence-corrected chi connectivity index (χ1v) is 11.8. The van der Waals surface area contributed by atoms with Gasteiger partial charge in [-0.25, -0.2) is 13.4 Å². The van der Waals surface area contributed by atoms with Crippen molar-refractivity contribution in [3.05, 3.63) is 36.0 Å². The summed E-state index contributed by atoms with van der Waals surface area (Å²) < 4.78 is 26.2. The first-order chi connectivity index (χ1) is 8.71. The van der Waals surface area contributed by atoms with Crippen molar-refractivity contribution in [1.82, 2.24) is 4.98 Å². The van der Waals surface area contributed by atoms with Crippen molar-refractivity contribution >= 4 is 33.7 Å². The van der Waals surface area contributed by atoms with E-state index in [4.69, 9.17) is 0 Å². The lowest BCUT2D eigenvalue weighted by atomic mass is 10.2. The lowest BCUT2D eigenvalue weighted by Gasteiger charge is -2.11. The predicted molar refractivity (Wildman–Crippen MR) is 81.7 cm³/mol. The van der Waals surface area contributed by atoms with E-state index in [-0.39, 0.29) is 4.34 Å². The molecule has 19 heavy (non-hydrogen) atoms. The lowest BCUT2D eigenvalue weighted by Crippen LogP contribution is -2.34. The fourth-order valence-electron chi connectivity index (χ4n) is 1.55. The van der Waals surface area contributed by atoms with E-state index >= 15 is 0 Å². The molecule has 0 fully saturated rings. The minimum atomic E-state index is -3.47. The topological polar surface area (TPSA) is 47.0 Å². The predicted octanol–water partition coefficient (Wildman–Crippen LogP) is 2.83. The lowest BCUT2D eigenvalue weighted by molar-refractivity contribution is 0.595. The third-order valence-electron chi connectivity index (χ3n) is 2.78. The maximum Gasteiger partial charge on any atom is 0.233 e. The maximum atomic E-state index is 12.4. The van der Waals surface area contributed by atoms with Crippen molar-refractivity contribution in [2.45, 2.75) is 35.8 Å². The molecule has 0 spiro atoms. The Labute approximate surface area is 119 Å². The molecule has 1 aromatic carbocycles. The molecule has 0 atom stereocenters. The van der Waals surface area contributed by atoms with E-state index in [0.29, 0.717) is 4.90 Å². The molecule has 1 heterocycles. The van der Waals surface area contributed by atoms with E-state index in [1.807, 2.05) is 6.92 Å². The van der Waals surface area contributed by atoms with Gasteiger partial charge in [-0.15, -0.1) is 11.3 Å². The van der Waals surface area contributed by atoms with Gasteiger partial charge in [0.15, 0.2) is 0 Å². The van der Waals surface area contributed by atoms with Crippen LogP contribution in [-0.4, -0.2) is 21.5 Å². The number of nitrogens with zero attached hydrogens (tertiary/aromatic N) is 1. The second-order valence-corrected chi connectivity index (χ2v) is 14.1. The molecule has 1 aromatic heterocycles. The van der Waals surface area contributed by atoms with E-state index in [2.05, 4.69) is 24.6 Å². The van der Waals surface area contributed by atoms with Crippen LogP contribution in [0.3, 0.4) is 0 Å². The Balaban J connectivity index is 2.46. The number of aromatic nitrogens is 1. The molecule has 0 radical (unpaired) electrons. The van der Waals surface area contributed by atoms with Gasteiger partial charge in [-0.2, -0.15) is 0 Å². The first kappa shape index (κ1) is 14.4. The molecule has 2 rings (SSSR count). The second-order valence-electron chi connectivity index (χ2n) is 5.56. The normalized spacial score (nSPS) is 12.6. The smallest absolute Gasteiger partial charge is 0.233 e. The number of benzene rings is 1. The zero-order valence-corrected chi connectivity index (χ0v) is 14.1. The summed E-state index contributed by atoms with van der Waals surface area (Å²) in [6.07, 6.45) is 1.72. The number of aryl methyl sites for hydroxylation is 1. The summed E-state index contributed by atoms with van der Waals surface area (Å²) in [6, 6.07) is 6.89. The van der Waals surface area contributed by atoms with Gasteiger partial charge < -0.3 is 0 Å². The Kier molecular flexibility index (Phi) is 3.68. The highest BCUT2D eigenvalue weighted by Crippen LogP contribution is 2.23. The van der Waals surface area contributed by atoms with Crippen molar-refractivity contribution in [2.75, 3.05) is 0 Å². The molecule has 0 saturated carbocycles. The van der Waals surface area contributed by atoms with Crippen LogP contribution in [-0.2, 0) is 9.84 Å². The highest BCUT2D eigenvalue weighted by Gasteiger charge is 2.26. The second kappa shape index (κ2) is 4.85. The van der Waals surface area contributed by atoms with E-state index in [1.54, 1.807) is 30.5 Å². The van der Waals surface area contributed by atoms with Crippen molar-refractivity contribution in [3.8, 4) is 0 Å². The van der Waals surface area contributed by atoms with E-state index < -0.39 is 17.9 Å². The average Bonchev–Trinajstić information content (AvgIpc) is 2.79. The molecular weight excluding hydrogens is 294 g/mol. The van der Waals surface area contributed by atoms with Crippen LogP contribution in [0.25, 0.3) is 0 Å². The van der Waals surface area contributed by atoms with Crippen molar-refractivity contribution in [3.63, 3.8) is 0 Å². The SMILES string of the molecule is Cc1ccc(S(=O)(=O)c2ncc([Si](C)(C)C)s2)cc1. The van der Waals surface area contributed by atoms with Crippen LogP contribution in [0, 0.1) is 6.92 Å². The number of thiazole rings is 1. The van der Waals surface area contributed by atoms with Gasteiger partial charge in [0.25, 0.3) is 0 Å². The minimum Gasteiger partial charge on any atom is -0.234 e. The molecule has 0 aliphatic carbocycles. The molecule has 0 saturated heterocycles. The van der Waals surface area contributed by atoms with E-state index in [1.165, 1.54) is 11.3 Å². The van der Waals surface area contributed by atoms with Gasteiger partial charge in [0, 0.05) is 10.7 Å². The molecule has 0 amide bonds. The molecule has 0 aliphatic rings. The Morgan fingerprint density at radius 2 is 1.68 bits per heavy atom. The quantitative estimate of drug-likeness (QED) is 0.819. The summed E-state index contributed by atoms with van der Waals surface area (Å²) in [6.45, 7) is 8.48. The van der Waals surface area contributed by atoms with Gasteiger partial charge >= 0.3 is 0 Å². The summed E-state index contributed by atoms with van der Waals surface area (Å²) in [5, 5.41) is 0. The van der Waals surface area contributed by atoms with Gasteiger partial charge in [0.1, 0.15) is 0 Å². The summed E-state index contributed by atoms with van der Waals surface area (Å²) in [5.74, 6) is 0. The monoisotopic (exact) mass is 311 g/mol. The van der Waals surface area contributed by atoms with Crippen LogP contribution in [0.4, 0.5) is 0 Å². The van der Waals surface area contributed by atoms with Gasteiger partial charge in [0.05, 0.1) is 13.0 Å². The molecule has 0 aliphatic heterocycles. The third-order valence-corrected chi connectivity index (χ3v) is 9.51. The summed E-state index contributed by atoms with van der Waals surface area (Å²) in [7, 11) is -4.98. The molecular formula is C13H17NO2S2Si.